The van der Waals surface area contributed by atoms with Crippen LogP contribution in [-0.4, -0.2) is 16.1 Å². The van der Waals surface area contributed by atoms with Crippen LogP contribution in [0.3, 0.4) is 0 Å². The minimum atomic E-state index is 0. The van der Waals surface area contributed by atoms with E-state index < -0.39 is 0 Å². The smallest absolute Gasteiger partial charge is 0.317 e. The SMILES string of the molecule is Cn1cc[n+](C)c1SCC(=O)c1ccc(I)cc1.[Br-]. The molecule has 0 fully saturated rings. The first kappa shape index (κ1) is 16.7. The fourth-order valence-corrected chi connectivity index (χ4v) is 2.94. The van der Waals surface area contributed by atoms with Crippen molar-refractivity contribution in [3.05, 3.63) is 45.8 Å². The van der Waals surface area contributed by atoms with Gasteiger partial charge in [0.05, 0.1) is 19.8 Å². The lowest BCUT2D eigenvalue weighted by Gasteiger charge is -2.00. The number of nitrogens with zero attached hydrogens (tertiary/aromatic N) is 2. The number of benzene rings is 1. The fraction of sp³-hybridized carbons (Fsp3) is 0.231. The Morgan fingerprint density at radius 2 is 2.00 bits per heavy atom. The monoisotopic (exact) mass is 452 g/mol. The lowest BCUT2D eigenvalue weighted by molar-refractivity contribution is -0.709. The summed E-state index contributed by atoms with van der Waals surface area (Å²) in [5.41, 5.74) is 0.778. The molecule has 1 aromatic carbocycles. The van der Waals surface area contributed by atoms with Crippen molar-refractivity contribution < 1.29 is 26.3 Å². The molecule has 0 atom stereocenters. The Labute approximate surface area is 141 Å². The molecule has 0 aliphatic rings. The molecule has 0 N–H and O–H groups in total. The van der Waals surface area contributed by atoms with Gasteiger partial charge < -0.3 is 17.0 Å². The molecule has 0 aliphatic heterocycles. The van der Waals surface area contributed by atoms with Crippen LogP contribution in [0.4, 0.5) is 0 Å². The number of aryl methyl sites for hydroxylation is 2. The molecule has 3 nitrogen and oxygen atoms in total. The minimum absolute atomic E-state index is 0. The summed E-state index contributed by atoms with van der Waals surface area (Å²) in [5.74, 6) is 0.629. The predicted octanol–water partition coefficient (Wildman–Crippen LogP) is -0.567. The number of ketones is 1. The van der Waals surface area contributed by atoms with Gasteiger partial charge in [-0.25, -0.2) is 9.13 Å². The van der Waals surface area contributed by atoms with Crippen LogP contribution in [0.25, 0.3) is 0 Å². The number of halogens is 2. The van der Waals surface area contributed by atoms with Crippen LogP contribution in [0.5, 0.6) is 0 Å². The average molecular weight is 453 g/mol. The van der Waals surface area contributed by atoms with Gasteiger partial charge in [0.15, 0.2) is 5.78 Å². The number of carbonyl (C=O) groups is 1. The number of aromatic nitrogens is 2. The van der Waals surface area contributed by atoms with Gasteiger partial charge in [-0.1, -0.05) is 12.1 Å². The third-order valence-corrected chi connectivity index (χ3v) is 4.58. The molecular formula is C13H14BrIN2OS. The topological polar surface area (TPSA) is 25.9 Å². The van der Waals surface area contributed by atoms with Gasteiger partial charge in [0, 0.05) is 9.13 Å². The van der Waals surface area contributed by atoms with Gasteiger partial charge in [0.1, 0.15) is 12.4 Å². The first-order valence-corrected chi connectivity index (χ1v) is 7.57. The van der Waals surface area contributed by atoms with Crippen LogP contribution in [0.15, 0.2) is 41.8 Å². The van der Waals surface area contributed by atoms with Crippen LogP contribution in [-0.2, 0) is 14.1 Å². The van der Waals surface area contributed by atoms with Crippen LogP contribution in [0.1, 0.15) is 10.4 Å². The molecule has 0 unspecified atom stereocenters. The highest BCUT2D eigenvalue weighted by molar-refractivity contribution is 14.1. The zero-order valence-corrected chi connectivity index (χ0v) is 15.2. The highest BCUT2D eigenvalue weighted by Crippen LogP contribution is 2.16. The van der Waals surface area contributed by atoms with Gasteiger partial charge in [-0.3, -0.25) is 4.79 Å². The van der Waals surface area contributed by atoms with E-state index in [1.54, 1.807) is 11.8 Å². The lowest BCUT2D eigenvalue weighted by atomic mass is 10.2. The van der Waals surface area contributed by atoms with E-state index in [2.05, 4.69) is 22.6 Å². The molecule has 102 valence electrons. The van der Waals surface area contributed by atoms with Gasteiger partial charge in [0.25, 0.3) is 0 Å². The predicted molar refractivity (Wildman–Crippen MR) is 80.8 cm³/mol. The largest absolute Gasteiger partial charge is 1.00 e. The highest BCUT2D eigenvalue weighted by Gasteiger charge is 2.15. The summed E-state index contributed by atoms with van der Waals surface area (Å²) in [4.78, 5) is 12.0. The number of thioether (sulfide) groups is 1. The number of Topliss-reactive ketones (excluding diaryl/α,β-unsaturated/α-hetero) is 1. The third kappa shape index (κ3) is 4.32. The van der Waals surface area contributed by atoms with Gasteiger partial charge in [-0.2, -0.15) is 0 Å². The van der Waals surface area contributed by atoms with Crippen molar-refractivity contribution in [2.24, 2.45) is 14.1 Å². The number of carbonyl (C=O) groups excluding carboxylic acids is 1. The molecule has 1 aromatic heterocycles. The number of hydrogen-bond acceptors (Lipinski definition) is 2. The van der Waals surface area contributed by atoms with E-state index in [9.17, 15) is 4.79 Å². The van der Waals surface area contributed by atoms with E-state index in [-0.39, 0.29) is 22.8 Å². The molecule has 1 heterocycles. The van der Waals surface area contributed by atoms with Crippen molar-refractivity contribution in [3.63, 3.8) is 0 Å². The molecule has 0 amide bonds. The Kier molecular flexibility index (Phi) is 6.55. The summed E-state index contributed by atoms with van der Waals surface area (Å²) < 4.78 is 5.18. The van der Waals surface area contributed by atoms with Crippen LogP contribution in [0, 0.1) is 3.57 Å². The van der Waals surface area contributed by atoms with Crippen molar-refractivity contribution >= 4 is 40.1 Å². The average Bonchev–Trinajstić information content (AvgIpc) is 2.67. The maximum atomic E-state index is 12.0. The summed E-state index contributed by atoms with van der Waals surface area (Å²) in [7, 11) is 3.97. The normalized spacial score (nSPS) is 10.1. The number of imidazole rings is 1. The maximum Gasteiger partial charge on any atom is 0.317 e. The lowest BCUT2D eigenvalue weighted by Crippen LogP contribution is -3.00. The van der Waals surface area contributed by atoms with Crippen molar-refractivity contribution in [3.8, 4) is 0 Å². The van der Waals surface area contributed by atoms with E-state index in [0.29, 0.717) is 5.75 Å². The van der Waals surface area contributed by atoms with Crippen molar-refractivity contribution in [2.75, 3.05) is 5.75 Å². The quantitative estimate of drug-likeness (QED) is 0.269. The fourth-order valence-electron chi connectivity index (χ4n) is 1.63. The summed E-state index contributed by atoms with van der Waals surface area (Å²) in [6.07, 6.45) is 3.97. The maximum absolute atomic E-state index is 12.0. The molecule has 0 spiro atoms. The Bertz CT molecular complexity index is 549. The van der Waals surface area contributed by atoms with Gasteiger partial charge in [-0.15, -0.1) is 0 Å². The third-order valence-electron chi connectivity index (χ3n) is 2.62. The Balaban J connectivity index is 0.00000180. The second-order valence-corrected chi connectivity index (χ2v) is 6.21. The van der Waals surface area contributed by atoms with Crippen molar-refractivity contribution in [1.82, 2.24) is 4.57 Å². The van der Waals surface area contributed by atoms with Crippen molar-refractivity contribution in [1.29, 1.82) is 0 Å². The standard InChI is InChI=1S/C13H14IN2OS.BrH/c1-15-7-8-16(2)13(15)18-9-12(17)10-3-5-11(14)6-4-10;/h3-8H,9H2,1-2H3;1H/q+1;/p-1. The van der Waals surface area contributed by atoms with Crippen LogP contribution in [0.2, 0.25) is 0 Å². The first-order chi connectivity index (χ1) is 8.58. The Morgan fingerprint density at radius 1 is 1.37 bits per heavy atom. The molecule has 19 heavy (non-hydrogen) atoms. The van der Waals surface area contributed by atoms with Gasteiger partial charge >= 0.3 is 5.16 Å². The number of rotatable bonds is 4. The van der Waals surface area contributed by atoms with Gasteiger partial charge in [-0.05, 0) is 46.5 Å². The van der Waals surface area contributed by atoms with E-state index >= 15 is 0 Å². The molecule has 2 aromatic rings. The highest BCUT2D eigenvalue weighted by atomic mass is 127. The molecule has 0 saturated carbocycles. The Hall–Kier alpha value is -0.340. The Morgan fingerprint density at radius 3 is 2.53 bits per heavy atom. The van der Waals surface area contributed by atoms with Gasteiger partial charge in [0.2, 0.25) is 0 Å². The molecule has 0 radical (unpaired) electrons. The second-order valence-electron chi connectivity index (χ2n) is 4.02. The second kappa shape index (κ2) is 7.44. The van der Waals surface area contributed by atoms with Crippen LogP contribution < -0.4 is 21.5 Å². The zero-order chi connectivity index (χ0) is 13.1. The molecule has 6 heteroatoms. The van der Waals surface area contributed by atoms with E-state index in [1.165, 1.54) is 0 Å². The zero-order valence-electron chi connectivity index (χ0n) is 10.6. The molecule has 2 rings (SSSR count). The minimum Gasteiger partial charge on any atom is -1.00 e. The van der Waals surface area contributed by atoms with Crippen LogP contribution >= 0.6 is 34.4 Å². The van der Waals surface area contributed by atoms with E-state index in [4.69, 9.17) is 0 Å². The molecule has 0 saturated heterocycles. The summed E-state index contributed by atoms with van der Waals surface area (Å²) in [6, 6.07) is 7.69. The summed E-state index contributed by atoms with van der Waals surface area (Å²) in [6.45, 7) is 0. The molecule has 0 aliphatic carbocycles. The number of hydrogen-bond donors (Lipinski definition) is 0. The summed E-state index contributed by atoms with van der Waals surface area (Å²) in [5, 5.41) is 1.08. The van der Waals surface area contributed by atoms with E-state index in [0.717, 1.165) is 14.3 Å². The molecular weight excluding hydrogens is 439 g/mol. The first-order valence-electron chi connectivity index (χ1n) is 5.50. The van der Waals surface area contributed by atoms with E-state index in [1.807, 2.05) is 59.9 Å². The van der Waals surface area contributed by atoms with Crippen molar-refractivity contribution in [2.45, 2.75) is 5.16 Å². The molecule has 0 bridgehead atoms. The summed E-state index contributed by atoms with van der Waals surface area (Å²) >= 11 is 3.80.